The number of carbonyl (C=O) groups excluding carboxylic acids is 7. The van der Waals surface area contributed by atoms with Gasteiger partial charge in [0.15, 0.2) is 11.5 Å². The third-order valence-corrected chi connectivity index (χ3v) is 22.2. The molecule has 0 bridgehead atoms. The lowest BCUT2D eigenvalue weighted by Gasteiger charge is -2.40. The average molecular weight is 1580 g/mol. The number of hydrogen-bond acceptors (Lipinski definition) is 29. The summed E-state index contributed by atoms with van der Waals surface area (Å²) in [6.45, 7) is 3.31. The Morgan fingerprint density at radius 3 is 2.11 bits per heavy atom. The molecule has 604 valence electrons. The Morgan fingerprint density at radius 1 is 0.745 bits per heavy atom. The molecule has 13 atom stereocenters. The number of methoxy groups -OCH3 is 1. The molecular formula is C73H102N12O23S2. The molecule has 35 nitrogen and oxygen atoms in total. The van der Waals surface area contributed by atoms with Gasteiger partial charge < -0.3 is 111 Å². The molecule has 4 aliphatic heterocycles. The molecule has 1 aliphatic carbocycles. The zero-order chi connectivity index (χ0) is 78.7. The maximum absolute atomic E-state index is 15.0. The number of aliphatic hydroxyl groups is 8. The largest absolute Gasteiger partial charge is 0.504 e. The van der Waals surface area contributed by atoms with Crippen molar-refractivity contribution < 1.29 is 113 Å². The minimum Gasteiger partial charge on any atom is -0.504 e. The normalized spacial score (nSPS) is 26.1. The average Bonchev–Trinajstić information content (AvgIpc) is 1.74. The van der Waals surface area contributed by atoms with E-state index in [1.807, 2.05) is 24.3 Å². The second-order valence-corrected chi connectivity index (χ2v) is 30.2. The number of aromatic nitrogens is 3. The van der Waals surface area contributed by atoms with Crippen molar-refractivity contribution in [2.75, 3.05) is 72.8 Å². The SMILES string of the molecule is COCCCCCCOC1CCC(N2CCC(Oc3ccc(-c4nn5cc(-c6ccc(C(=O)NC7C[C@@H](O)CNC(=O)[C@@H]8[C@@H](O)[C@@H](C)CN8C(=O)[C@H](C(O)CCNC(CO)CO)NC(=O)[C@H]([C@H](O)Cc8ccc(O)c(OSOOO)c8)NC(=O)[C@@H]8C[C@@H](O)CN8C(=O)[C@H]([C@@H](C)O)NC7=O)cc6)nc5s4)cc3)CC2)CC1. The number of phenols is 1. The monoisotopic (exact) mass is 1580 g/mol. The molecule has 7 amide bonds. The van der Waals surface area contributed by atoms with E-state index in [2.05, 4.69) is 46.2 Å². The molecule has 110 heavy (non-hydrogen) atoms. The van der Waals surface area contributed by atoms with Gasteiger partial charge in [-0.3, -0.25) is 33.6 Å². The van der Waals surface area contributed by atoms with Crippen LogP contribution < -0.4 is 40.8 Å². The van der Waals surface area contributed by atoms with Crippen LogP contribution in [0.25, 0.3) is 26.8 Å². The summed E-state index contributed by atoms with van der Waals surface area (Å²) in [6.07, 6.45) is 0.475. The van der Waals surface area contributed by atoms with Gasteiger partial charge in [-0.15, -0.1) is 0 Å². The first-order chi connectivity index (χ1) is 52.9. The maximum atomic E-state index is 15.0. The fourth-order valence-electron chi connectivity index (χ4n) is 14.6. The first-order valence-electron chi connectivity index (χ1n) is 37.3. The number of phenolic OH excluding ortho intramolecular Hbond substituents is 1. The Hall–Kier alpha value is -7.80. The van der Waals surface area contributed by atoms with Crippen molar-refractivity contribution in [2.45, 2.75) is 201 Å². The summed E-state index contributed by atoms with van der Waals surface area (Å²) in [6, 6.07) is 5.77. The summed E-state index contributed by atoms with van der Waals surface area (Å²) in [5.74, 6) is -8.86. The minimum absolute atomic E-state index is 0.00893. The summed E-state index contributed by atoms with van der Waals surface area (Å²) in [5.41, 5.74) is 2.09. The molecule has 1 saturated carbocycles. The number of carbonyl (C=O) groups is 7. The molecule has 0 radical (unpaired) electrons. The van der Waals surface area contributed by atoms with Gasteiger partial charge in [-0.05, 0) is 125 Å². The van der Waals surface area contributed by atoms with Crippen molar-refractivity contribution in [3.8, 4) is 39.1 Å². The van der Waals surface area contributed by atoms with E-state index >= 15 is 4.79 Å². The van der Waals surface area contributed by atoms with Gasteiger partial charge in [0.05, 0.1) is 73.9 Å². The number of rotatable bonds is 30. The van der Waals surface area contributed by atoms with Crippen molar-refractivity contribution in [1.29, 1.82) is 0 Å². The summed E-state index contributed by atoms with van der Waals surface area (Å²) < 4.78 is 28.9. The summed E-state index contributed by atoms with van der Waals surface area (Å²) in [7, 11) is 1.74. The second-order valence-electron chi connectivity index (χ2n) is 28.8. The molecule has 2 unspecified atom stereocenters. The van der Waals surface area contributed by atoms with Crippen molar-refractivity contribution >= 4 is 70.0 Å². The van der Waals surface area contributed by atoms with Gasteiger partial charge in [0.1, 0.15) is 53.1 Å². The summed E-state index contributed by atoms with van der Waals surface area (Å²) in [4.78, 5) is 113. The van der Waals surface area contributed by atoms with E-state index in [4.69, 9.17) is 33.7 Å². The number of aliphatic hydroxyl groups excluding tert-OH is 8. The van der Waals surface area contributed by atoms with Gasteiger partial charge in [-0.2, -0.15) is 5.10 Å². The predicted molar refractivity (Wildman–Crippen MR) is 396 cm³/mol. The number of nitrogens with zero attached hydrogens (tertiary/aromatic N) is 6. The predicted octanol–water partition coefficient (Wildman–Crippen LogP) is -0.147. The number of benzene rings is 3. The number of piperidine rings is 1. The van der Waals surface area contributed by atoms with Gasteiger partial charge in [0.25, 0.3) is 18.2 Å². The van der Waals surface area contributed by atoms with Crippen LogP contribution in [-0.2, 0) is 54.0 Å². The number of fused-ring (bicyclic) bond motifs is 3. The third-order valence-electron chi connectivity index (χ3n) is 20.8. The smallest absolute Gasteiger partial charge is 0.261 e. The molecule has 2 aromatic heterocycles. The highest BCUT2D eigenvalue weighted by molar-refractivity contribution is 7.90. The van der Waals surface area contributed by atoms with Crippen molar-refractivity contribution in [2.24, 2.45) is 5.92 Å². The molecule has 4 saturated heterocycles. The van der Waals surface area contributed by atoms with E-state index in [0.29, 0.717) is 28.4 Å². The van der Waals surface area contributed by atoms with Gasteiger partial charge in [-0.1, -0.05) is 58.7 Å². The first kappa shape index (κ1) is 84.6. The fourth-order valence-corrected chi connectivity index (χ4v) is 15.8. The lowest BCUT2D eigenvalue weighted by atomic mass is 9.90. The number of ether oxygens (including phenoxy) is 3. The van der Waals surface area contributed by atoms with E-state index in [-0.39, 0.29) is 48.4 Å². The topological polar surface area (TPSA) is 489 Å². The van der Waals surface area contributed by atoms with E-state index in [0.717, 1.165) is 117 Å². The van der Waals surface area contributed by atoms with Gasteiger partial charge in [0, 0.05) is 101 Å². The number of likely N-dealkylation sites (tertiary alicyclic amines) is 1. The third kappa shape index (κ3) is 22.3. The number of β-amino-alcohol motifs (C(OH)–C–C–N with tert-alkyl or cyclic N) is 1. The van der Waals surface area contributed by atoms with Crippen molar-refractivity contribution in [3.63, 3.8) is 0 Å². The highest BCUT2D eigenvalue weighted by atomic mass is 32.2. The van der Waals surface area contributed by atoms with Crippen LogP contribution in [0, 0.1) is 5.92 Å². The number of unbranched alkanes of at least 4 members (excludes halogenated alkanes) is 3. The highest BCUT2D eigenvalue weighted by Crippen LogP contribution is 2.35. The van der Waals surface area contributed by atoms with Crippen molar-refractivity contribution in [1.82, 2.24) is 61.2 Å². The number of aromatic hydroxyl groups is 1. The second kappa shape index (κ2) is 40.6. The zero-order valence-electron chi connectivity index (χ0n) is 61.5. The standard InChI is InChI=1S/C73H102N12O23S2/c1-40-35-84-63(64(40)94)69(99)75-34-48(89)32-53(76-65(95)44-11-9-43(10-12-44)54-37-85-73(77-54)109-70(81-85)45-13-17-51(18-14-45)105-52-23-26-82(27-24-52)47-15-19-50(20-16-47)104-29-7-5-4-6-28-103-3)66(96)78-60(41(2)88)71(100)83-36-49(90)33-55(83)67(97)79-61(58(93)30-42-8-21-56(91)59(31-42)106-110-108-107-102)68(98)80-62(72(84)101)57(92)22-25-74-46(38-86)39-87/h8-14,17-18,21,31,37,40-41,46-50,52-53,55,57-58,60-64,74,86-94,102H,4-7,15-16,19-20,22-30,32-36,38-39H2,1-3H3,(H,75,99)(H,76,95)(H,78,96)(H,79,97)(H,80,98)/t40-,41+,47?,48+,49+,50?,53?,55-,57?,58+,60-,61-,62-,63-,64-/m0/s1. The van der Waals surface area contributed by atoms with Crippen LogP contribution in [0.4, 0.5) is 0 Å². The Morgan fingerprint density at radius 2 is 1.43 bits per heavy atom. The molecule has 6 heterocycles. The molecule has 5 aliphatic rings. The first-order valence-corrected chi connectivity index (χ1v) is 38.8. The zero-order valence-corrected chi connectivity index (χ0v) is 63.1. The summed E-state index contributed by atoms with van der Waals surface area (Å²) in [5, 5.41) is 132. The van der Waals surface area contributed by atoms with Crippen LogP contribution in [0.1, 0.15) is 113 Å². The van der Waals surface area contributed by atoms with Gasteiger partial charge >= 0.3 is 0 Å². The molecule has 5 fully saturated rings. The molecule has 3 aromatic carbocycles. The van der Waals surface area contributed by atoms with E-state index < -0.39 is 184 Å². The molecule has 16 N–H and O–H groups in total. The number of amides is 7. The number of nitrogens with one attached hydrogen (secondary N) is 6. The molecule has 10 rings (SSSR count). The van der Waals surface area contributed by atoms with Crippen LogP contribution in [0.5, 0.6) is 17.2 Å². The number of imidazole rings is 1. The Labute approximate surface area is 643 Å². The molecular weight excluding hydrogens is 1480 g/mol. The lowest BCUT2D eigenvalue weighted by Crippen LogP contribution is -2.64. The highest BCUT2D eigenvalue weighted by Gasteiger charge is 2.50. The van der Waals surface area contributed by atoms with Crippen molar-refractivity contribution in [3.05, 3.63) is 84.1 Å². The van der Waals surface area contributed by atoms with E-state index in [9.17, 15) is 74.7 Å². The quantitative estimate of drug-likeness (QED) is 0.0123. The van der Waals surface area contributed by atoms with Crippen LogP contribution in [0.15, 0.2) is 72.9 Å². The fraction of sp³-hybridized carbons (Fsp3) is 0.603. The van der Waals surface area contributed by atoms with E-state index in [1.54, 1.807) is 30.0 Å². The lowest BCUT2D eigenvalue weighted by molar-refractivity contribution is -0.433. The van der Waals surface area contributed by atoms with Crippen LogP contribution in [-0.4, -0.2) is 292 Å². The van der Waals surface area contributed by atoms with Gasteiger partial charge in [-0.25, -0.2) is 14.8 Å². The van der Waals surface area contributed by atoms with Gasteiger partial charge in [0.2, 0.25) is 40.4 Å². The summed E-state index contributed by atoms with van der Waals surface area (Å²) >= 11 is 1.44. The number of hydrogen-bond donors (Lipinski definition) is 16. The Balaban J connectivity index is 0.826. The van der Waals surface area contributed by atoms with Crippen LogP contribution >= 0.6 is 23.7 Å². The maximum Gasteiger partial charge on any atom is 0.261 e. The minimum atomic E-state index is -2.17. The van der Waals surface area contributed by atoms with Crippen LogP contribution in [0.3, 0.4) is 0 Å². The van der Waals surface area contributed by atoms with E-state index in [1.165, 1.54) is 55.4 Å². The molecule has 5 aromatic rings. The Kier molecular flexibility index (Phi) is 31.2. The van der Waals surface area contributed by atoms with Crippen LogP contribution in [0.2, 0.25) is 0 Å². The molecule has 0 spiro atoms. The Bertz CT molecular complexity index is 3810. The molecule has 37 heteroatoms.